The number of hydrogen-bond donors (Lipinski definition) is 2. The van der Waals surface area contributed by atoms with Gasteiger partial charge in [0.15, 0.2) is 0 Å². The van der Waals surface area contributed by atoms with Crippen molar-refractivity contribution in [2.75, 3.05) is 0 Å². The van der Waals surface area contributed by atoms with Gasteiger partial charge in [0.1, 0.15) is 0 Å². The first-order valence-electron chi connectivity index (χ1n) is 2.99. The zero-order valence-corrected chi connectivity index (χ0v) is 6.50. The summed E-state index contributed by atoms with van der Waals surface area (Å²) in [5.41, 5.74) is 0. The van der Waals surface area contributed by atoms with E-state index in [1.807, 2.05) is 0 Å². The van der Waals surface area contributed by atoms with Crippen LogP contribution in [0.4, 0.5) is 9.59 Å². The maximum atomic E-state index is 10.4. The lowest BCUT2D eigenvalue weighted by molar-refractivity contribution is -0.136. The molecule has 0 aromatic rings. The van der Waals surface area contributed by atoms with Crippen LogP contribution in [0.2, 0.25) is 0 Å². The molecule has 0 atom stereocenters. The summed E-state index contributed by atoms with van der Waals surface area (Å²) in [7, 11) is 0. The molecule has 0 saturated carbocycles. The largest absolute Gasteiger partial charge is 0.513 e. The molecule has 0 aliphatic carbocycles. The molecule has 14 heavy (non-hydrogen) atoms. The first kappa shape index (κ1) is 11.6. The maximum Gasteiger partial charge on any atom is 0.513 e. The highest BCUT2D eigenvalue weighted by Crippen LogP contribution is 1.86. The topological polar surface area (TPSA) is 127 Å². The van der Waals surface area contributed by atoms with Crippen LogP contribution in [0, 0.1) is 0 Å². The van der Waals surface area contributed by atoms with Crippen molar-refractivity contribution < 1.29 is 38.9 Å². The molecule has 0 aromatic heterocycles. The quantitative estimate of drug-likeness (QED) is 0.365. The zero-order chi connectivity index (χ0) is 11.1. The SMILES string of the molecule is O=C(O)OC(=O)C=CC(=O)OC(=O)O. The van der Waals surface area contributed by atoms with E-state index in [0.717, 1.165) is 0 Å². The van der Waals surface area contributed by atoms with E-state index in [2.05, 4.69) is 9.47 Å². The Hall–Kier alpha value is -2.38. The van der Waals surface area contributed by atoms with Crippen LogP contribution >= 0.6 is 0 Å². The number of rotatable bonds is 2. The lowest BCUT2D eigenvalue weighted by Gasteiger charge is -1.91. The van der Waals surface area contributed by atoms with Gasteiger partial charge < -0.3 is 19.7 Å². The molecule has 0 amide bonds. The van der Waals surface area contributed by atoms with Gasteiger partial charge >= 0.3 is 24.2 Å². The summed E-state index contributed by atoms with van der Waals surface area (Å²) in [5.74, 6) is -2.67. The molecule has 0 radical (unpaired) electrons. The number of carbonyl (C=O) groups excluding carboxylic acids is 2. The molecule has 0 bridgehead atoms. The van der Waals surface area contributed by atoms with Gasteiger partial charge in [-0.2, -0.15) is 0 Å². The van der Waals surface area contributed by atoms with E-state index in [0.29, 0.717) is 12.2 Å². The fraction of sp³-hybridized carbons (Fsp3) is 0. The fourth-order valence-electron chi connectivity index (χ4n) is 0.376. The highest BCUT2D eigenvalue weighted by molar-refractivity contribution is 5.97. The van der Waals surface area contributed by atoms with Crippen molar-refractivity contribution in [3.63, 3.8) is 0 Å². The smallest absolute Gasteiger partial charge is 0.449 e. The second-order valence-electron chi connectivity index (χ2n) is 1.71. The lowest BCUT2D eigenvalue weighted by atomic mass is 10.5. The Balaban J connectivity index is 4.04. The Morgan fingerprint density at radius 1 is 0.786 bits per heavy atom. The average Bonchev–Trinajstić information content (AvgIpc) is 1.98. The van der Waals surface area contributed by atoms with Crippen LogP contribution in [0.1, 0.15) is 0 Å². The van der Waals surface area contributed by atoms with Crippen LogP contribution in [0.3, 0.4) is 0 Å². The molecule has 2 N–H and O–H groups in total. The zero-order valence-electron chi connectivity index (χ0n) is 6.50. The number of ether oxygens (including phenoxy) is 2. The van der Waals surface area contributed by atoms with Crippen molar-refractivity contribution in [2.45, 2.75) is 0 Å². The summed E-state index contributed by atoms with van der Waals surface area (Å²) in [6.07, 6.45) is -2.85. The van der Waals surface area contributed by atoms with Gasteiger partial charge in [-0.3, -0.25) is 0 Å². The molecule has 0 rings (SSSR count). The molecule has 0 spiro atoms. The molecule has 0 aliphatic rings. The number of hydrogen-bond acceptors (Lipinski definition) is 6. The van der Waals surface area contributed by atoms with Gasteiger partial charge in [-0.1, -0.05) is 0 Å². The van der Waals surface area contributed by atoms with Crippen molar-refractivity contribution in [3.05, 3.63) is 12.2 Å². The Morgan fingerprint density at radius 2 is 1.07 bits per heavy atom. The summed E-state index contributed by atoms with van der Waals surface area (Å²) < 4.78 is 7.08. The Kier molecular flexibility index (Phi) is 4.40. The van der Waals surface area contributed by atoms with E-state index in [1.165, 1.54) is 0 Å². The van der Waals surface area contributed by atoms with Gasteiger partial charge in [0.2, 0.25) is 0 Å². The van der Waals surface area contributed by atoms with Crippen molar-refractivity contribution in [1.82, 2.24) is 0 Å². The summed E-state index contributed by atoms with van der Waals surface area (Å²) in [5, 5.41) is 15.8. The first-order valence-corrected chi connectivity index (χ1v) is 2.99. The molecule has 8 nitrogen and oxygen atoms in total. The Morgan fingerprint density at radius 3 is 1.29 bits per heavy atom. The number of carboxylic acid groups (broad SMARTS) is 2. The number of esters is 2. The minimum Gasteiger partial charge on any atom is -0.449 e. The highest BCUT2D eigenvalue weighted by atomic mass is 16.7. The third-order valence-electron chi connectivity index (χ3n) is 0.731. The molecule has 0 aromatic carbocycles. The van der Waals surface area contributed by atoms with Gasteiger partial charge in [-0.05, 0) is 0 Å². The number of carbonyl (C=O) groups is 4. The molecule has 8 heteroatoms. The minimum absolute atomic E-state index is 0.416. The molecule has 0 fully saturated rings. The van der Waals surface area contributed by atoms with Crippen molar-refractivity contribution in [3.8, 4) is 0 Å². The van der Waals surface area contributed by atoms with Gasteiger partial charge in [-0.15, -0.1) is 0 Å². The van der Waals surface area contributed by atoms with Gasteiger partial charge in [0.05, 0.1) is 0 Å². The van der Waals surface area contributed by atoms with Crippen molar-refractivity contribution in [2.24, 2.45) is 0 Å². The fourth-order valence-corrected chi connectivity index (χ4v) is 0.376. The monoisotopic (exact) mass is 204 g/mol. The van der Waals surface area contributed by atoms with E-state index in [9.17, 15) is 19.2 Å². The predicted octanol–water partition coefficient (Wildman–Crippen LogP) is -0.0150. The second-order valence-corrected chi connectivity index (χ2v) is 1.71. The van der Waals surface area contributed by atoms with E-state index < -0.39 is 24.2 Å². The second kappa shape index (κ2) is 5.30. The van der Waals surface area contributed by atoms with Crippen LogP contribution in [-0.2, 0) is 19.1 Å². The van der Waals surface area contributed by atoms with Crippen LogP contribution in [0.25, 0.3) is 0 Å². The molecular weight excluding hydrogens is 200 g/mol. The Labute approximate surface area is 76.3 Å². The molecule has 0 unspecified atom stereocenters. The van der Waals surface area contributed by atoms with E-state index in [1.54, 1.807) is 0 Å². The van der Waals surface area contributed by atoms with E-state index in [4.69, 9.17) is 10.2 Å². The predicted molar refractivity (Wildman–Crippen MR) is 37.4 cm³/mol. The first-order chi connectivity index (χ1) is 6.41. The van der Waals surface area contributed by atoms with E-state index >= 15 is 0 Å². The standard InChI is InChI=1S/C6H4O8/c7-3(13-5(9)10)1-2-4(8)14-6(11)12/h1-2H,(H,9,10)(H,11,12). The highest BCUT2D eigenvalue weighted by Gasteiger charge is 2.07. The van der Waals surface area contributed by atoms with Gasteiger partial charge in [0.25, 0.3) is 0 Å². The van der Waals surface area contributed by atoms with Crippen LogP contribution in [0.15, 0.2) is 12.2 Å². The van der Waals surface area contributed by atoms with Crippen molar-refractivity contribution in [1.29, 1.82) is 0 Å². The van der Waals surface area contributed by atoms with Crippen LogP contribution < -0.4 is 0 Å². The molecular formula is C6H4O8. The van der Waals surface area contributed by atoms with Crippen LogP contribution in [-0.4, -0.2) is 34.5 Å². The molecule has 0 heterocycles. The van der Waals surface area contributed by atoms with Crippen LogP contribution in [0.5, 0.6) is 0 Å². The van der Waals surface area contributed by atoms with Crippen molar-refractivity contribution >= 4 is 24.2 Å². The average molecular weight is 204 g/mol. The summed E-state index contributed by atoms with van der Waals surface area (Å²) >= 11 is 0. The summed E-state index contributed by atoms with van der Waals surface area (Å²) in [6.45, 7) is 0. The lowest BCUT2D eigenvalue weighted by Crippen LogP contribution is -2.10. The summed E-state index contributed by atoms with van der Waals surface area (Å²) in [4.78, 5) is 40.3. The minimum atomic E-state index is -1.84. The van der Waals surface area contributed by atoms with Gasteiger partial charge in [0, 0.05) is 12.2 Å². The molecule has 76 valence electrons. The third kappa shape index (κ3) is 6.34. The molecule has 0 saturated heterocycles. The Bertz CT molecular complexity index is 271. The normalized spacial score (nSPS) is 9.43. The van der Waals surface area contributed by atoms with Gasteiger partial charge in [-0.25, -0.2) is 19.2 Å². The summed E-state index contributed by atoms with van der Waals surface area (Å²) in [6, 6.07) is 0. The third-order valence-corrected chi connectivity index (χ3v) is 0.731. The molecule has 0 aliphatic heterocycles. The van der Waals surface area contributed by atoms with E-state index in [-0.39, 0.29) is 0 Å². The maximum absolute atomic E-state index is 10.4.